The SMILES string of the molecule is O=C(O)c1ccccc1C(=O)NCCc1ccc(O)c(O)c1. The summed E-state index contributed by atoms with van der Waals surface area (Å²) in [5.41, 5.74) is 0.785. The van der Waals surface area contributed by atoms with Crippen molar-refractivity contribution in [1.82, 2.24) is 5.32 Å². The fraction of sp³-hybridized carbons (Fsp3) is 0.125. The summed E-state index contributed by atoms with van der Waals surface area (Å²) in [7, 11) is 0. The molecule has 0 aliphatic carbocycles. The molecule has 2 rings (SSSR count). The Morgan fingerprint density at radius 2 is 1.64 bits per heavy atom. The van der Waals surface area contributed by atoms with Crippen molar-refractivity contribution in [2.24, 2.45) is 0 Å². The topological polar surface area (TPSA) is 107 Å². The number of phenols is 2. The van der Waals surface area contributed by atoms with Crippen LogP contribution in [-0.4, -0.2) is 33.7 Å². The highest BCUT2D eigenvalue weighted by molar-refractivity contribution is 6.04. The summed E-state index contributed by atoms with van der Waals surface area (Å²) >= 11 is 0. The summed E-state index contributed by atoms with van der Waals surface area (Å²) in [4.78, 5) is 23.1. The van der Waals surface area contributed by atoms with Crippen LogP contribution < -0.4 is 5.32 Å². The number of carbonyl (C=O) groups excluding carboxylic acids is 1. The fourth-order valence-corrected chi connectivity index (χ4v) is 2.01. The van der Waals surface area contributed by atoms with E-state index in [-0.39, 0.29) is 29.2 Å². The Hall–Kier alpha value is -3.02. The summed E-state index contributed by atoms with van der Waals surface area (Å²) in [6.07, 6.45) is 0.439. The lowest BCUT2D eigenvalue weighted by molar-refractivity contribution is 0.0691. The minimum absolute atomic E-state index is 0.0534. The molecule has 6 heteroatoms. The van der Waals surface area contributed by atoms with Crippen LogP contribution in [0.3, 0.4) is 0 Å². The molecule has 0 saturated carbocycles. The van der Waals surface area contributed by atoms with Crippen LogP contribution in [0.1, 0.15) is 26.3 Å². The van der Waals surface area contributed by atoms with Gasteiger partial charge in [-0.25, -0.2) is 4.79 Å². The van der Waals surface area contributed by atoms with E-state index in [0.29, 0.717) is 6.42 Å². The van der Waals surface area contributed by atoms with Crippen LogP contribution in [-0.2, 0) is 6.42 Å². The molecule has 0 radical (unpaired) electrons. The molecule has 0 saturated heterocycles. The zero-order chi connectivity index (χ0) is 16.1. The van der Waals surface area contributed by atoms with Gasteiger partial charge in [-0.3, -0.25) is 4.79 Å². The van der Waals surface area contributed by atoms with E-state index in [1.54, 1.807) is 18.2 Å². The zero-order valence-corrected chi connectivity index (χ0v) is 11.6. The van der Waals surface area contributed by atoms with Crippen molar-refractivity contribution in [2.75, 3.05) is 6.54 Å². The maximum Gasteiger partial charge on any atom is 0.336 e. The van der Waals surface area contributed by atoms with E-state index in [2.05, 4.69) is 5.32 Å². The van der Waals surface area contributed by atoms with Gasteiger partial charge in [-0.2, -0.15) is 0 Å². The Balaban J connectivity index is 1.98. The number of carbonyl (C=O) groups is 2. The first-order valence-corrected chi connectivity index (χ1v) is 6.60. The third-order valence-electron chi connectivity index (χ3n) is 3.14. The number of aromatic hydroxyl groups is 2. The minimum Gasteiger partial charge on any atom is -0.504 e. The van der Waals surface area contributed by atoms with Crippen LogP contribution in [0.5, 0.6) is 11.5 Å². The zero-order valence-electron chi connectivity index (χ0n) is 11.6. The second-order valence-electron chi connectivity index (χ2n) is 4.68. The van der Waals surface area contributed by atoms with Gasteiger partial charge in [0, 0.05) is 6.54 Å². The van der Waals surface area contributed by atoms with Crippen molar-refractivity contribution in [3.8, 4) is 11.5 Å². The standard InChI is InChI=1S/C16H15NO5/c18-13-6-5-10(9-14(13)19)7-8-17-15(20)11-3-1-2-4-12(11)16(21)22/h1-6,9,18-19H,7-8H2,(H,17,20)(H,21,22). The molecule has 1 amide bonds. The van der Waals surface area contributed by atoms with Gasteiger partial charge in [0.1, 0.15) is 0 Å². The van der Waals surface area contributed by atoms with Gasteiger partial charge in [-0.15, -0.1) is 0 Å². The lowest BCUT2D eigenvalue weighted by Gasteiger charge is -2.08. The Morgan fingerprint density at radius 1 is 0.955 bits per heavy atom. The van der Waals surface area contributed by atoms with Gasteiger partial charge < -0.3 is 20.6 Å². The van der Waals surface area contributed by atoms with E-state index in [1.807, 2.05) is 0 Å². The maximum atomic E-state index is 12.0. The molecule has 0 aliphatic rings. The molecule has 22 heavy (non-hydrogen) atoms. The fourth-order valence-electron chi connectivity index (χ4n) is 2.01. The molecular weight excluding hydrogens is 286 g/mol. The molecule has 114 valence electrons. The molecule has 0 fully saturated rings. The molecule has 4 N–H and O–H groups in total. The molecule has 0 aliphatic heterocycles. The van der Waals surface area contributed by atoms with Crippen molar-refractivity contribution >= 4 is 11.9 Å². The van der Waals surface area contributed by atoms with Crippen molar-refractivity contribution in [1.29, 1.82) is 0 Å². The maximum absolute atomic E-state index is 12.0. The first-order valence-electron chi connectivity index (χ1n) is 6.60. The van der Waals surface area contributed by atoms with Gasteiger partial charge in [-0.1, -0.05) is 18.2 Å². The van der Waals surface area contributed by atoms with Crippen molar-refractivity contribution in [3.05, 3.63) is 59.2 Å². The first kappa shape index (κ1) is 15.4. The highest BCUT2D eigenvalue weighted by atomic mass is 16.4. The van der Waals surface area contributed by atoms with Crippen LogP contribution in [0.4, 0.5) is 0 Å². The number of carboxylic acids is 1. The van der Waals surface area contributed by atoms with E-state index in [0.717, 1.165) is 5.56 Å². The second kappa shape index (κ2) is 6.62. The van der Waals surface area contributed by atoms with Crippen LogP contribution in [0.25, 0.3) is 0 Å². The van der Waals surface area contributed by atoms with Crippen molar-refractivity contribution in [3.63, 3.8) is 0 Å². The number of hydrogen-bond acceptors (Lipinski definition) is 4. The van der Waals surface area contributed by atoms with Crippen LogP contribution in [0.15, 0.2) is 42.5 Å². The predicted octanol–water partition coefficient (Wildman–Crippen LogP) is 1.77. The van der Waals surface area contributed by atoms with E-state index < -0.39 is 11.9 Å². The molecule has 6 nitrogen and oxygen atoms in total. The summed E-state index contributed by atoms with van der Waals surface area (Å²) in [5, 5.41) is 30.3. The number of aromatic carboxylic acids is 1. The number of benzene rings is 2. The predicted molar refractivity (Wildman–Crippen MR) is 79.2 cm³/mol. The van der Waals surface area contributed by atoms with Crippen LogP contribution in [0.2, 0.25) is 0 Å². The first-order chi connectivity index (χ1) is 10.5. The van der Waals surface area contributed by atoms with E-state index in [9.17, 15) is 19.8 Å². The van der Waals surface area contributed by atoms with Crippen LogP contribution in [0, 0.1) is 0 Å². The third kappa shape index (κ3) is 3.54. The van der Waals surface area contributed by atoms with E-state index in [1.165, 1.54) is 24.3 Å². The largest absolute Gasteiger partial charge is 0.504 e. The second-order valence-corrected chi connectivity index (χ2v) is 4.68. The molecule has 0 aromatic heterocycles. The lowest BCUT2D eigenvalue weighted by atomic mass is 10.1. The summed E-state index contributed by atoms with van der Waals surface area (Å²) in [5.74, 6) is -2.06. The number of amides is 1. The average Bonchev–Trinajstić information content (AvgIpc) is 2.50. The molecule has 0 heterocycles. The highest BCUT2D eigenvalue weighted by Crippen LogP contribution is 2.24. The molecule has 0 atom stereocenters. The number of hydrogen-bond donors (Lipinski definition) is 4. The van der Waals surface area contributed by atoms with Crippen LogP contribution >= 0.6 is 0 Å². The number of rotatable bonds is 5. The van der Waals surface area contributed by atoms with Crippen molar-refractivity contribution < 1.29 is 24.9 Å². The van der Waals surface area contributed by atoms with Gasteiger partial charge >= 0.3 is 5.97 Å². The normalized spacial score (nSPS) is 10.2. The van der Waals surface area contributed by atoms with Gasteiger partial charge in [-0.05, 0) is 36.2 Å². The van der Waals surface area contributed by atoms with Gasteiger partial charge in [0.25, 0.3) is 5.91 Å². The van der Waals surface area contributed by atoms with E-state index >= 15 is 0 Å². The number of nitrogens with one attached hydrogen (secondary N) is 1. The highest BCUT2D eigenvalue weighted by Gasteiger charge is 2.15. The molecular formula is C16H15NO5. The Bertz CT molecular complexity index is 711. The Morgan fingerprint density at radius 3 is 2.27 bits per heavy atom. The van der Waals surface area contributed by atoms with E-state index in [4.69, 9.17) is 5.11 Å². The summed E-state index contributed by atoms with van der Waals surface area (Å²) in [6, 6.07) is 10.4. The monoisotopic (exact) mass is 301 g/mol. The smallest absolute Gasteiger partial charge is 0.336 e. The van der Waals surface area contributed by atoms with Gasteiger partial charge in [0.2, 0.25) is 0 Å². The Labute approximate surface area is 126 Å². The van der Waals surface area contributed by atoms with Gasteiger partial charge in [0.15, 0.2) is 11.5 Å². The lowest BCUT2D eigenvalue weighted by Crippen LogP contribution is -2.27. The molecule has 0 bridgehead atoms. The molecule has 2 aromatic rings. The molecule has 2 aromatic carbocycles. The van der Waals surface area contributed by atoms with Gasteiger partial charge in [0.05, 0.1) is 11.1 Å². The average molecular weight is 301 g/mol. The number of carboxylic acid groups (broad SMARTS) is 1. The molecule has 0 spiro atoms. The molecule has 0 unspecified atom stereocenters. The Kier molecular flexibility index (Phi) is 4.63. The number of phenolic OH excluding ortho intramolecular Hbond substituents is 2. The van der Waals surface area contributed by atoms with Crippen molar-refractivity contribution in [2.45, 2.75) is 6.42 Å². The third-order valence-corrected chi connectivity index (χ3v) is 3.14. The quantitative estimate of drug-likeness (QED) is 0.630. The summed E-state index contributed by atoms with van der Waals surface area (Å²) in [6.45, 7) is 0.275. The minimum atomic E-state index is -1.16. The summed E-state index contributed by atoms with van der Waals surface area (Å²) < 4.78 is 0.